The number of amides is 2. The Kier molecular flexibility index (Phi) is 4.93. The van der Waals surface area contributed by atoms with Crippen molar-refractivity contribution in [2.45, 2.75) is 50.4 Å². The third-order valence-corrected chi connectivity index (χ3v) is 6.90. The lowest BCUT2D eigenvalue weighted by Gasteiger charge is -2.33. The van der Waals surface area contributed by atoms with Gasteiger partial charge in [-0.1, -0.05) is 23.2 Å². The monoisotopic (exact) mass is 450 g/mol. The molecule has 1 saturated heterocycles. The molecule has 2 N–H and O–H groups in total. The van der Waals surface area contributed by atoms with Crippen molar-refractivity contribution in [1.29, 1.82) is 0 Å². The van der Waals surface area contributed by atoms with E-state index in [2.05, 4.69) is 5.32 Å². The molecule has 1 aromatic rings. The van der Waals surface area contributed by atoms with E-state index in [1.807, 2.05) is 0 Å². The lowest BCUT2D eigenvalue weighted by molar-refractivity contribution is -0.192. The maximum atomic E-state index is 13.1. The molecule has 158 valence electrons. The predicted octanol–water partition coefficient (Wildman–Crippen LogP) is 4.15. The highest BCUT2D eigenvalue weighted by Gasteiger charge is 2.64. The van der Waals surface area contributed by atoms with Crippen molar-refractivity contribution in [2.24, 2.45) is 11.3 Å². The molecular formula is C19H19Cl2F3N2O3. The van der Waals surface area contributed by atoms with Gasteiger partial charge < -0.3 is 15.3 Å². The first kappa shape index (κ1) is 20.6. The predicted molar refractivity (Wildman–Crippen MR) is 99.9 cm³/mol. The number of nitrogens with zero attached hydrogens (tertiary/aromatic N) is 1. The molecule has 29 heavy (non-hydrogen) atoms. The van der Waals surface area contributed by atoms with Crippen LogP contribution in [0.3, 0.4) is 0 Å². The number of hydrogen-bond donors (Lipinski definition) is 2. The van der Waals surface area contributed by atoms with Crippen molar-refractivity contribution in [2.75, 3.05) is 6.54 Å². The summed E-state index contributed by atoms with van der Waals surface area (Å²) in [4.78, 5) is 26.5. The van der Waals surface area contributed by atoms with Crippen LogP contribution in [-0.2, 0) is 4.79 Å². The summed E-state index contributed by atoms with van der Waals surface area (Å²) in [6.07, 6.45) is -3.72. The van der Waals surface area contributed by atoms with Gasteiger partial charge in [0.1, 0.15) is 5.75 Å². The number of rotatable bonds is 4. The zero-order valence-corrected chi connectivity index (χ0v) is 16.7. The fraction of sp³-hybridized carbons (Fsp3) is 0.579. The number of phenols is 1. The zero-order valence-electron chi connectivity index (χ0n) is 15.2. The Morgan fingerprint density at radius 2 is 1.93 bits per heavy atom. The number of carbonyl (C=O) groups is 2. The van der Waals surface area contributed by atoms with Gasteiger partial charge in [-0.05, 0) is 43.7 Å². The van der Waals surface area contributed by atoms with Crippen LogP contribution in [-0.4, -0.2) is 46.6 Å². The van der Waals surface area contributed by atoms with E-state index in [4.69, 9.17) is 23.2 Å². The Morgan fingerprint density at radius 3 is 2.48 bits per heavy atom. The molecule has 5 nitrogen and oxygen atoms in total. The van der Waals surface area contributed by atoms with Crippen molar-refractivity contribution >= 4 is 35.0 Å². The number of hydrogen-bond acceptors (Lipinski definition) is 3. The molecule has 2 aliphatic carbocycles. The van der Waals surface area contributed by atoms with E-state index in [1.165, 1.54) is 17.0 Å². The summed E-state index contributed by atoms with van der Waals surface area (Å²) < 4.78 is 39.4. The fourth-order valence-corrected chi connectivity index (χ4v) is 5.02. The van der Waals surface area contributed by atoms with Crippen molar-refractivity contribution in [1.82, 2.24) is 10.2 Å². The second-order valence-electron chi connectivity index (χ2n) is 8.25. The van der Waals surface area contributed by atoms with Crippen molar-refractivity contribution < 1.29 is 27.9 Å². The van der Waals surface area contributed by atoms with E-state index < -0.39 is 29.8 Å². The normalized spacial score (nSPS) is 27.2. The maximum Gasteiger partial charge on any atom is 0.395 e. The van der Waals surface area contributed by atoms with Gasteiger partial charge in [0.15, 0.2) is 0 Å². The topological polar surface area (TPSA) is 69.6 Å². The van der Waals surface area contributed by atoms with E-state index in [9.17, 15) is 27.9 Å². The van der Waals surface area contributed by atoms with Gasteiger partial charge in [0, 0.05) is 30.1 Å². The SMILES string of the molecule is O=C(N[C@@H]1C[C@H]2C[C@@H]1CN2C(=O)CC1(C(F)(F)F)CC1)c1cc(Cl)cc(Cl)c1O. The van der Waals surface area contributed by atoms with Crippen molar-refractivity contribution in [3.8, 4) is 5.75 Å². The second kappa shape index (κ2) is 6.94. The summed E-state index contributed by atoms with van der Waals surface area (Å²) in [6, 6.07) is 2.22. The van der Waals surface area contributed by atoms with Gasteiger partial charge in [-0.25, -0.2) is 0 Å². The van der Waals surface area contributed by atoms with Crippen LogP contribution in [0.1, 0.15) is 42.5 Å². The van der Waals surface area contributed by atoms with Crippen LogP contribution < -0.4 is 5.32 Å². The van der Waals surface area contributed by atoms with Gasteiger partial charge in [-0.2, -0.15) is 13.2 Å². The zero-order chi connectivity index (χ0) is 21.1. The minimum absolute atomic E-state index is 0.00848. The number of alkyl halides is 3. The number of piperidine rings is 1. The Bertz CT molecular complexity index is 873. The number of aromatic hydroxyl groups is 1. The summed E-state index contributed by atoms with van der Waals surface area (Å²) in [6.45, 7) is 0.324. The highest BCUT2D eigenvalue weighted by atomic mass is 35.5. The van der Waals surface area contributed by atoms with Crippen LogP contribution in [0, 0.1) is 11.3 Å². The molecule has 1 heterocycles. The van der Waals surface area contributed by atoms with Crippen LogP contribution in [0.5, 0.6) is 5.75 Å². The van der Waals surface area contributed by atoms with Crippen molar-refractivity contribution in [3.63, 3.8) is 0 Å². The molecule has 0 radical (unpaired) electrons. The van der Waals surface area contributed by atoms with Crippen LogP contribution in [0.4, 0.5) is 13.2 Å². The summed E-state index contributed by atoms with van der Waals surface area (Å²) in [5.74, 6) is -1.39. The number of nitrogens with one attached hydrogen (secondary N) is 1. The standard InChI is InChI=1S/C19H19Cl2F3N2O3/c20-10-4-12(16(28)13(21)5-10)17(29)25-14-6-11-3-9(14)8-26(11)15(27)7-18(1-2-18)19(22,23)24/h4-5,9,11,14,28H,1-3,6-8H2,(H,25,29)/t9-,11-,14-/m1/s1. The van der Waals surface area contributed by atoms with E-state index in [1.54, 1.807) is 0 Å². The van der Waals surface area contributed by atoms with E-state index in [0.29, 0.717) is 19.4 Å². The number of benzene rings is 1. The van der Waals surface area contributed by atoms with Gasteiger partial charge in [-0.3, -0.25) is 9.59 Å². The Labute approximate surface area is 175 Å². The number of carbonyl (C=O) groups excluding carboxylic acids is 2. The fourth-order valence-electron chi connectivity index (χ4n) is 4.52. The molecule has 2 bridgehead atoms. The molecule has 3 fully saturated rings. The number of halogens is 5. The van der Waals surface area contributed by atoms with Gasteiger partial charge in [0.05, 0.1) is 16.0 Å². The molecule has 2 saturated carbocycles. The summed E-state index contributed by atoms with van der Waals surface area (Å²) in [7, 11) is 0. The van der Waals surface area contributed by atoms with Crippen LogP contribution >= 0.6 is 23.2 Å². The lowest BCUT2D eigenvalue weighted by Crippen LogP contribution is -2.48. The highest BCUT2D eigenvalue weighted by Crippen LogP contribution is 2.60. The van der Waals surface area contributed by atoms with E-state index in [0.717, 1.165) is 0 Å². The number of phenolic OH excluding ortho intramolecular Hbond substituents is 1. The first-order chi connectivity index (χ1) is 13.5. The molecule has 0 spiro atoms. The average molecular weight is 451 g/mol. The van der Waals surface area contributed by atoms with E-state index in [-0.39, 0.29) is 52.2 Å². The Morgan fingerprint density at radius 1 is 1.24 bits per heavy atom. The summed E-state index contributed by atoms with van der Waals surface area (Å²) >= 11 is 11.7. The largest absolute Gasteiger partial charge is 0.506 e. The molecule has 3 atom stereocenters. The van der Waals surface area contributed by atoms with Crippen LogP contribution in [0.15, 0.2) is 12.1 Å². The third-order valence-electron chi connectivity index (χ3n) is 6.40. The first-order valence-electron chi connectivity index (χ1n) is 9.36. The summed E-state index contributed by atoms with van der Waals surface area (Å²) in [5, 5.41) is 13.0. The Balaban J connectivity index is 1.37. The summed E-state index contributed by atoms with van der Waals surface area (Å²) in [5.41, 5.74) is -1.89. The van der Waals surface area contributed by atoms with Gasteiger partial charge >= 0.3 is 6.18 Å². The smallest absolute Gasteiger partial charge is 0.395 e. The average Bonchev–Trinajstić information content (AvgIpc) is 3.16. The number of likely N-dealkylation sites (tertiary alicyclic amines) is 1. The molecule has 1 aliphatic heterocycles. The van der Waals surface area contributed by atoms with Gasteiger partial charge in [0.25, 0.3) is 5.91 Å². The minimum Gasteiger partial charge on any atom is -0.506 e. The van der Waals surface area contributed by atoms with E-state index >= 15 is 0 Å². The van der Waals surface area contributed by atoms with Gasteiger partial charge in [0.2, 0.25) is 5.91 Å². The maximum absolute atomic E-state index is 13.1. The first-order valence-corrected chi connectivity index (χ1v) is 10.1. The van der Waals surface area contributed by atoms with Crippen molar-refractivity contribution in [3.05, 3.63) is 27.7 Å². The molecule has 3 aliphatic rings. The number of fused-ring (bicyclic) bond motifs is 2. The van der Waals surface area contributed by atoms with Gasteiger partial charge in [-0.15, -0.1) is 0 Å². The van der Waals surface area contributed by atoms with Crippen LogP contribution in [0.2, 0.25) is 10.0 Å². The Hall–Kier alpha value is -1.67. The van der Waals surface area contributed by atoms with Crippen LogP contribution in [0.25, 0.3) is 0 Å². The molecule has 0 unspecified atom stereocenters. The molecule has 1 aromatic carbocycles. The molecular weight excluding hydrogens is 432 g/mol. The molecule has 2 amide bonds. The highest BCUT2D eigenvalue weighted by molar-refractivity contribution is 6.36. The molecule has 0 aromatic heterocycles. The molecule has 4 rings (SSSR count). The molecule has 10 heteroatoms. The quantitative estimate of drug-likeness (QED) is 0.723. The second-order valence-corrected chi connectivity index (χ2v) is 9.09. The lowest BCUT2D eigenvalue weighted by atomic mass is 9.98. The third kappa shape index (κ3) is 3.65. The minimum atomic E-state index is -4.35.